The van der Waals surface area contributed by atoms with Gasteiger partial charge in [-0.1, -0.05) is 0 Å². The molecule has 1 aromatic heterocycles. The van der Waals surface area contributed by atoms with Gasteiger partial charge in [-0.2, -0.15) is 5.10 Å². The molecule has 0 saturated carbocycles. The number of hydrogen-bond acceptors (Lipinski definition) is 6. The van der Waals surface area contributed by atoms with Crippen LogP contribution in [0.2, 0.25) is 0 Å². The minimum absolute atomic E-state index is 0.0370. The Labute approximate surface area is 101 Å². The summed E-state index contributed by atoms with van der Waals surface area (Å²) in [7, 11) is 1.61. The highest BCUT2D eigenvalue weighted by molar-refractivity contribution is 4.79. The maximum Gasteiger partial charge on any atom is 0.164 e. The zero-order chi connectivity index (χ0) is 12.7. The van der Waals surface area contributed by atoms with Crippen LogP contribution in [-0.2, 0) is 22.6 Å². The Kier molecular flexibility index (Phi) is 6.06. The number of aromatic nitrogens is 3. The summed E-state index contributed by atoms with van der Waals surface area (Å²) in [5, 5.41) is 13.8. The lowest BCUT2D eigenvalue weighted by Crippen LogP contribution is -2.26. The first-order valence-electron chi connectivity index (χ1n) is 5.52. The van der Waals surface area contributed by atoms with Crippen molar-refractivity contribution >= 4 is 0 Å². The Bertz CT molecular complexity index is 318. The molecule has 98 valence electrons. The highest BCUT2D eigenvalue weighted by Gasteiger charge is 2.10. The number of hydrogen-bond donors (Lipinski definition) is 2. The third-order valence-electron chi connectivity index (χ3n) is 2.14. The van der Waals surface area contributed by atoms with Crippen LogP contribution in [0.4, 0.5) is 0 Å². The lowest BCUT2D eigenvalue weighted by Gasteiger charge is -2.15. The van der Waals surface area contributed by atoms with Gasteiger partial charge in [0.25, 0.3) is 0 Å². The molecule has 2 unspecified atom stereocenters. The van der Waals surface area contributed by atoms with Gasteiger partial charge >= 0.3 is 0 Å². The van der Waals surface area contributed by atoms with Crippen molar-refractivity contribution in [3.05, 3.63) is 12.2 Å². The monoisotopic (exact) mass is 244 g/mol. The van der Waals surface area contributed by atoms with Gasteiger partial charge in [0.15, 0.2) is 5.82 Å². The Balaban J connectivity index is 2.26. The Hall–Kier alpha value is -1.02. The van der Waals surface area contributed by atoms with Crippen molar-refractivity contribution in [1.82, 2.24) is 14.8 Å². The van der Waals surface area contributed by atoms with Gasteiger partial charge in [-0.25, -0.2) is 9.67 Å². The van der Waals surface area contributed by atoms with Crippen LogP contribution in [0, 0.1) is 0 Å². The molecule has 7 nitrogen and oxygen atoms in total. The molecule has 3 N–H and O–H groups in total. The van der Waals surface area contributed by atoms with Gasteiger partial charge in [-0.3, -0.25) is 0 Å². The lowest BCUT2D eigenvalue weighted by atomic mass is 10.3. The van der Waals surface area contributed by atoms with Crippen LogP contribution in [0.15, 0.2) is 6.33 Å². The summed E-state index contributed by atoms with van der Waals surface area (Å²) in [6, 6.07) is 0. The molecular formula is C10H20N4O3. The second-order valence-corrected chi connectivity index (χ2v) is 3.84. The van der Waals surface area contributed by atoms with Crippen LogP contribution in [0.3, 0.4) is 0 Å². The molecule has 0 bridgehead atoms. The zero-order valence-corrected chi connectivity index (χ0v) is 10.2. The quantitative estimate of drug-likeness (QED) is 0.618. The van der Waals surface area contributed by atoms with E-state index in [9.17, 15) is 5.11 Å². The molecule has 0 aliphatic rings. The average molecular weight is 244 g/mol. The molecule has 0 saturated heterocycles. The smallest absolute Gasteiger partial charge is 0.164 e. The molecule has 7 heteroatoms. The minimum Gasteiger partial charge on any atom is -0.389 e. The first kappa shape index (κ1) is 14.0. The SMILES string of the molecule is COCC(C)OCC(O)Cn1cnc(CN)n1. The van der Waals surface area contributed by atoms with E-state index < -0.39 is 6.10 Å². The van der Waals surface area contributed by atoms with Crippen molar-refractivity contribution in [2.75, 3.05) is 20.3 Å². The van der Waals surface area contributed by atoms with Crippen LogP contribution in [0.1, 0.15) is 12.7 Å². The van der Waals surface area contributed by atoms with Gasteiger partial charge in [0.1, 0.15) is 6.33 Å². The second kappa shape index (κ2) is 7.33. The molecule has 0 aliphatic heterocycles. The summed E-state index contributed by atoms with van der Waals surface area (Å²) in [5.41, 5.74) is 5.39. The molecule has 0 aliphatic carbocycles. The van der Waals surface area contributed by atoms with E-state index in [1.54, 1.807) is 18.1 Å². The van der Waals surface area contributed by atoms with Crippen molar-refractivity contribution < 1.29 is 14.6 Å². The Morgan fingerprint density at radius 2 is 2.29 bits per heavy atom. The van der Waals surface area contributed by atoms with Crippen LogP contribution >= 0.6 is 0 Å². The number of aliphatic hydroxyl groups excluding tert-OH is 1. The van der Waals surface area contributed by atoms with Gasteiger partial charge in [0.05, 0.1) is 38.5 Å². The largest absolute Gasteiger partial charge is 0.389 e. The van der Waals surface area contributed by atoms with Gasteiger partial charge in [0.2, 0.25) is 0 Å². The van der Waals surface area contributed by atoms with Gasteiger partial charge in [0, 0.05) is 7.11 Å². The maximum absolute atomic E-state index is 9.72. The van der Waals surface area contributed by atoms with E-state index in [1.165, 1.54) is 0 Å². The molecule has 0 aromatic carbocycles. The molecule has 0 amide bonds. The van der Waals surface area contributed by atoms with E-state index in [0.29, 0.717) is 25.5 Å². The highest BCUT2D eigenvalue weighted by Crippen LogP contribution is 1.97. The average Bonchev–Trinajstić information content (AvgIpc) is 2.74. The molecule has 1 rings (SSSR count). The van der Waals surface area contributed by atoms with Crippen molar-refractivity contribution in [3.63, 3.8) is 0 Å². The molecule has 0 spiro atoms. The third kappa shape index (κ3) is 5.22. The van der Waals surface area contributed by atoms with Gasteiger partial charge < -0.3 is 20.3 Å². The number of nitrogens with zero attached hydrogens (tertiary/aromatic N) is 3. The van der Waals surface area contributed by atoms with E-state index in [2.05, 4.69) is 10.1 Å². The first-order chi connectivity index (χ1) is 8.15. The molecule has 1 aromatic rings. The minimum atomic E-state index is -0.623. The summed E-state index contributed by atoms with van der Waals surface area (Å²) in [6.45, 7) is 3.27. The maximum atomic E-state index is 9.72. The summed E-state index contributed by atoms with van der Waals surface area (Å²) in [4.78, 5) is 3.97. The molecule has 2 atom stereocenters. The summed E-state index contributed by atoms with van der Waals surface area (Å²) in [5.74, 6) is 0.561. The standard InChI is InChI=1S/C10H20N4O3/c1-8(5-16-2)17-6-9(15)4-14-7-12-10(3-11)13-14/h7-9,15H,3-6,11H2,1-2H3. The fraction of sp³-hybridized carbons (Fsp3) is 0.800. The zero-order valence-electron chi connectivity index (χ0n) is 10.2. The Morgan fingerprint density at radius 3 is 2.88 bits per heavy atom. The van der Waals surface area contributed by atoms with E-state index in [-0.39, 0.29) is 12.7 Å². The molecule has 1 heterocycles. The van der Waals surface area contributed by atoms with Crippen LogP contribution in [0.5, 0.6) is 0 Å². The summed E-state index contributed by atoms with van der Waals surface area (Å²) in [6.07, 6.45) is 0.885. The fourth-order valence-electron chi connectivity index (χ4n) is 1.34. The fourth-order valence-corrected chi connectivity index (χ4v) is 1.34. The van der Waals surface area contributed by atoms with Crippen LogP contribution in [0.25, 0.3) is 0 Å². The number of aliphatic hydroxyl groups is 1. The lowest BCUT2D eigenvalue weighted by molar-refractivity contribution is -0.0364. The van der Waals surface area contributed by atoms with Crippen molar-refractivity contribution in [1.29, 1.82) is 0 Å². The summed E-state index contributed by atoms with van der Waals surface area (Å²) < 4.78 is 11.9. The topological polar surface area (TPSA) is 95.4 Å². The number of ether oxygens (including phenoxy) is 2. The third-order valence-corrected chi connectivity index (χ3v) is 2.14. The van der Waals surface area contributed by atoms with Gasteiger partial charge in [-0.15, -0.1) is 0 Å². The van der Waals surface area contributed by atoms with E-state index in [4.69, 9.17) is 15.2 Å². The Morgan fingerprint density at radius 1 is 1.53 bits per heavy atom. The normalized spacial score (nSPS) is 14.8. The number of methoxy groups -OCH3 is 1. The van der Waals surface area contributed by atoms with Crippen LogP contribution < -0.4 is 5.73 Å². The number of nitrogens with two attached hydrogens (primary N) is 1. The molecule has 17 heavy (non-hydrogen) atoms. The van der Waals surface area contributed by atoms with Crippen molar-refractivity contribution in [3.8, 4) is 0 Å². The summed E-state index contributed by atoms with van der Waals surface area (Å²) >= 11 is 0. The van der Waals surface area contributed by atoms with E-state index in [0.717, 1.165) is 0 Å². The van der Waals surface area contributed by atoms with Gasteiger partial charge in [-0.05, 0) is 6.92 Å². The predicted molar refractivity (Wildman–Crippen MR) is 61.2 cm³/mol. The van der Waals surface area contributed by atoms with Crippen molar-refractivity contribution in [2.45, 2.75) is 32.2 Å². The highest BCUT2D eigenvalue weighted by atomic mass is 16.5. The van der Waals surface area contributed by atoms with E-state index >= 15 is 0 Å². The van der Waals surface area contributed by atoms with E-state index in [1.807, 2.05) is 6.92 Å². The number of rotatable bonds is 8. The molecule has 0 radical (unpaired) electrons. The first-order valence-corrected chi connectivity index (χ1v) is 5.52. The van der Waals surface area contributed by atoms with Crippen LogP contribution in [-0.4, -0.2) is 52.4 Å². The van der Waals surface area contributed by atoms with Crippen molar-refractivity contribution in [2.24, 2.45) is 5.73 Å². The predicted octanol–water partition coefficient (Wildman–Crippen LogP) is -0.851. The molecular weight excluding hydrogens is 224 g/mol. The second-order valence-electron chi connectivity index (χ2n) is 3.84. The molecule has 0 fully saturated rings.